The topological polar surface area (TPSA) is 3.24 Å². The van der Waals surface area contributed by atoms with E-state index in [4.69, 9.17) is 0 Å². The van der Waals surface area contributed by atoms with E-state index >= 15 is 0 Å². The Labute approximate surface area is 128 Å². The van der Waals surface area contributed by atoms with Crippen molar-refractivity contribution >= 4 is 0 Å². The Balaban J connectivity index is 1.86. The molecule has 0 aromatic carbocycles. The molecule has 0 saturated carbocycles. The van der Waals surface area contributed by atoms with Gasteiger partial charge in [-0.15, -0.1) is 0 Å². The van der Waals surface area contributed by atoms with E-state index in [1.807, 2.05) is 0 Å². The average Bonchev–Trinajstić information content (AvgIpc) is 2.49. The molecule has 1 aliphatic rings. The third kappa shape index (κ3) is 9.00. The van der Waals surface area contributed by atoms with Gasteiger partial charge in [-0.25, -0.2) is 0 Å². The second-order valence-corrected chi connectivity index (χ2v) is 6.90. The first-order valence-corrected chi connectivity index (χ1v) is 9.59. The highest BCUT2D eigenvalue weighted by Gasteiger charge is 2.17. The maximum Gasteiger partial charge on any atom is -0.00161 e. The highest BCUT2D eigenvalue weighted by molar-refractivity contribution is 4.72. The first-order valence-electron chi connectivity index (χ1n) is 9.59. The van der Waals surface area contributed by atoms with Crippen LogP contribution in [-0.2, 0) is 0 Å². The Hall–Kier alpha value is -0.0400. The zero-order valence-corrected chi connectivity index (χ0v) is 14.3. The van der Waals surface area contributed by atoms with E-state index < -0.39 is 0 Å². The molecule has 1 saturated heterocycles. The van der Waals surface area contributed by atoms with Gasteiger partial charge in [0.05, 0.1) is 0 Å². The molecule has 0 radical (unpaired) electrons. The van der Waals surface area contributed by atoms with Crippen LogP contribution in [-0.4, -0.2) is 24.5 Å². The second-order valence-electron chi connectivity index (χ2n) is 6.90. The van der Waals surface area contributed by atoms with Gasteiger partial charge in [0, 0.05) is 0 Å². The van der Waals surface area contributed by atoms with Crippen LogP contribution < -0.4 is 0 Å². The van der Waals surface area contributed by atoms with Crippen LogP contribution in [0.15, 0.2) is 0 Å². The standard InChI is InChI=1S/C19H39N/c1-3-5-7-8-9-10-11-12-16-20-17-14-19(15-18-20)13-6-4-2/h19H,3-18H2,1-2H3. The van der Waals surface area contributed by atoms with Crippen molar-refractivity contribution in [2.45, 2.75) is 97.3 Å². The van der Waals surface area contributed by atoms with Crippen LogP contribution in [0.2, 0.25) is 0 Å². The predicted molar refractivity (Wildman–Crippen MR) is 91.3 cm³/mol. The summed E-state index contributed by atoms with van der Waals surface area (Å²) in [5, 5.41) is 0. The molecule has 0 amide bonds. The fraction of sp³-hybridized carbons (Fsp3) is 1.00. The number of piperidine rings is 1. The van der Waals surface area contributed by atoms with E-state index in [2.05, 4.69) is 18.7 Å². The molecule has 0 N–H and O–H groups in total. The van der Waals surface area contributed by atoms with Crippen LogP contribution in [0, 0.1) is 5.92 Å². The van der Waals surface area contributed by atoms with Crippen molar-refractivity contribution < 1.29 is 0 Å². The lowest BCUT2D eigenvalue weighted by Gasteiger charge is -2.32. The molecular formula is C19H39N. The zero-order chi connectivity index (χ0) is 14.5. The molecule has 0 unspecified atom stereocenters. The monoisotopic (exact) mass is 281 g/mol. The van der Waals surface area contributed by atoms with Crippen LogP contribution in [0.5, 0.6) is 0 Å². The van der Waals surface area contributed by atoms with Crippen LogP contribution in [0.25, 0.3) is 0 Å². The largest absolute Gasteiger partial charge is 0.303 e. The van der Waals surface area contributed by atoms with Crippen molar-refractivity contribution in [1.29, 1.82) is 0 Å². The van der Waals surface area contributed by atoms with Gasteiger partial charge >= 0.3 is 0 Å². The maximum atomic E-state index is 2.72. The molecule has 1 nitrogen and oxygen atoms in total. The first kappa shape index (κ1) is 18.0. The smallest absolute Gasteiger partial charge is 0.00161 e. The number of unbranched alkanes of at least 4 members (excludes halogenated alkanes) is 8. The molecule has 1 rings (SSSR count). The number of rotatable bonds is 12. The molecule has 120 valence electrons. The maximum absolute atomic E-state index is 2.72. The summed E-state index contributed by atoms with van der Waals surface area (Å²) in [5.74, 6) is 1.05. The second kappa shape index (κ2) is 12.7. The van der Waals surface area contributed by atoms with Crippen LogP contribution in [0.3, 0.4) is 0 Å². The Bertz CT molecular complexity index is 194. The summed E-state index contributed by atoms with van der Waals surface area (Å²) >= 11 is 0. The van der Waals surface area contributed by atoms with E-state index in [-0.39, 0.29) is 0 Å². The van der Waals surface area contributed by atoms with Gasteiger partial charge in [-0.3, -0.25) is 0 Å². The summed E-state index contributed by atoms with van der Waals surface area (Å²) in [6.45, 7) is 8.74. The molecule has 1 heterocycles. The lowest BCUT2D eigenvalue weighted by Crippen LogP contribution is -2.34. The minimum atomic E-state index is 1.05. The number of hydrogen-bond donors (Lipinski definition) is 0. The van der Waals surface area contributed by atoms with Crippen molar-refractivity contribution in [2.75, 3.05) is 19.6 Å². The van der Waals surface area contributed by atoms with Gasteiger partial charge in [-0.1, -0.05) is 78.1 Å². The van der Waals surface area contributed by atoms with Crippen molar-refractivity contribution in [1.82, 2.24) is 4.90 Å². The third-order valence-electron chi connectivity index (χ3n) is 5.00. The normalized spacial score (nSPS) is 17.7. The van der Waals surface area contributed by atoms with E-state index in [1.54, 1.807) is 0 Å². The Morgan fingerprint density at radius 1 is 0.700 bits per heavy atom. The summed E-state index contributed by atoms with van der Waals surface area (Å²) in [6, 6.07) is 0. The number of likely N-dealkylation sites (tertiary alicyclic amines) is 1. The third-order valence-corrected chi connectivity index (χ3v) is 5.00. The SMILES string of the molecule is CCCCCCCCCCN1CCC(CCCC)CC1. The fourth-order valence-electron chi connectivity index (χ4n) is 3.46. The summed E-state index contributed by atoms with van der Waals surface area (Å²) < 4.78 is 0. The first-order chi connectivity index (χ1) is 9.86. The van der Waals surface area contributed by atoms with Gasteiger partial charge in [0.25, 0.3) is 0 Å². The lowest BCUT2D eigenvalue weighted by molar-refractivity contribution is 0.174. The molecule has 0 aliphatic carbocycles. The Morgan fingerprint density at radius 2 is 1.25 bits per heavy atom. The zero-order valence-electron chi connectivity index (χ0n) is 14.3. The quantitative estimate of drug-likeness (QED) is 0.395. The Kier molecular flexibility index (Phi) is 11.4. The highest BCUT2D eigenvalue weighted by atomic mass is 15.1. The minimum Gasteiger partial charge on any atom is -0.303 e. The molecule has 20 heavy (non-hydrogen) atoms. The molecular weight excluding hydrogens is 242 g/mol. The molecule has 1 aliphatic heterocycles. The fourth-order valence-corrected chi connectivity index (χ4v) is 3.46. The summed E-state index contributed by atoms with van der Waals surface area (Å²) in [6.07, 6.45) is 18.8. The van der Waals surface area contributed by atoms with Gasteiger partial charge < -0.3 is 4.90 Å². The molecule has 0 aromatic heterocycles. The van der Waals surface area contributed by atoms with Crippen LogP contribution in [0.1, 0.15) is 97.3 Å². The molecule has 1 heteroatoms. The van der Waals surface area contributed by atoms with Gasteiger partial charge in [0.1, 0.15) is 0 Å². The van der Waals surface area contributed by atoms with Crippen LogP contribution in [0.4, 0.5) is 0 Å². The van der Waals surface area contributed by atoms with Gasteiger partial charge in [-0.2, -0.15) is 0 Å². The molecule has 0 atom stereocenters. The van der Waals surface area contributed by atoms with Crippen LogP contribution >= 0.6 is 0 Å². The molecule has 0 bridgehead atoms. The van der Waals surface area contributed by atoms with E-state index in [0.717, 1.165) is 5.92 Å². The van der Waals surface area contributed by atoms with E-state index in [0.29, 0.717) is 0 Å². The number of hydrogen-bond acceptors (Lipinski definition) is 1. The lowest BCUT2D eigenvalue weighted by atomic mass is 9.91. The summed E-state index contributed by atoms with van der Waals surface area (Å²) in [7, 11) is 0. The van der Waals surface area contributed by atoms with Crippen molar-refractivity contribution in [3.8, 4) is 0 Å². The summed E-state index contributed by atoms with van der Waals surface area (Å²) in [4.78, 5) is 2.72. The van der Waals surface area contributed by atoms with Crippen molar-refractivity contribution in [2.24, 2.45) is 5.92 Å². The van der Waals surface area contributed by atoms with E-state index in [9.17, 15) is 0 Å². The van der Waals surface area contributed by atoms with E-state index in [1.165, 1.54) is 103 Å². The van der Waals surface area contributed by atoms with Gasteiger partial charge in [-0.05, 0) is 44.8 Å². The predicted octanol–water partition coefficient (Wildman–Crippen LogP) is 6.03. The highest BCUT2D eigenvalue weighted by Crippen LogP contribution is 2.22. The molecule has 1 fully saturated rings. The Morgan fingerprint density at radius 3 is 1.85 bits per heavy atom. The number of nitrogens with zero attached hydrogens (tertiary/aromatic N) is 1. The summed E-state index contributed by atoms with van der Waals surface area (Å²) in [5.41, 5.74) is 0. The molecule has 0 spiro atoms. The van der Waals surface area contributed by atoms with Crippen molar-refractivity contribution in [3.05, 3.63) is 0 Å². The van der Waals surface area contributed by atoms with Gasteiger partial charge in [0.15, 0.2) is 0 Å². The van der Waals surface area contributed by atoms with Gasteiger partial charge in [0.2, 0.25) is 0 Å². The van der Waals surface area contributed by atoms with Crippen molar-refractivity contribution in [3.63, 3.8) is 0 Å². The minimum absolute atomic E-state index is 1.05. The molecule has 0 aromatic rings. The average molecular weight is 282 g/mol.